The maximum atomic E-state index is 13.7. The molecule has 1 aliphatic rings. The highest BCUT2D eigenvalue weighted by Crippen LogP contribution is 2.24. The van der Waals surface area contributed by atoms with Crippen molar-refractivity contribution < 1.29 is 9.18 Å². The van der Waals surface area contributed by atoms with Crippen molar-refractivity contribution in [2.24, 2.45) is 4.99 Å². The normalized spacial score (nSPS) is 14.8. The Kier molecular flexibility index (Phi) is 4.24. The highest BCUT2D eigenvalue weighted by Gasteiger charge is 2.28. The van der Waals surface area contributed by atoms with Crippen LogP contribution in [0.15, 0.2) is 23.2 Å². The molecule has 0 saturated carbocycles. The fraction of sp³-hybridized carbons (Fsp3) is 0.333. The molecular weight excluding hydrogens is 275 g/mol. The highest BCUT2D eigenvalue weighted by molar-refractivity contribution is 8.13. The molecule has 0 radical (unpaired) electrons. The minimum Gasteiger partial charge on any atom is -0.285 e. The lowest BCUT2D eigenvalue weighted by atomic mass is 10.2. The van der Waals surface area contributed by atoms with E-state index in [1.54, 1.807) is 0 Å². The van der Waals surface area contributed by atoms with E-state index >= 15 is 0 Å². The topological polar surface area (TPSA) is 32.7 Å². The van der Waals surface area contributed by atoms with Gasteiger partial charge in [-0.1, -0.05) is 36.4 Å². The van der Waals surface area contributed by atoms with Crippen molar-refractivity contribution >= 4 is 34.4 Å². The van der Waals surface area contributed by atoms with Gasteiger partial charge in [0.1, 0.15) is 5.82 Å². The van der Waals surface area contributed by atoms with Gasteiger partial charge >= 0.3 is 0 Å². The Hall–Kier alpha value is -1.07. The molecule has 0 bridgehead atoms. The summed E-state index contributed by atoms with van der Waals surface area (Å²) in [6.45, 7) is 3.01. The molecule has 1 aromatic rings. The number of halogens is 2. The average Bonchev–Trinajstić information content (AvgIpc) is 2.77. The molecule has 0 unspecified atom stereocenters. The predicted octanol–water partition coefficient (Wildman–Crippen LogP) is 3.04. The quantitative estimate of drug-likeness (QED) is 0.837. The molecular formula is C12H12ClFN2OS. The zero-order chi connectivity index (χ0) is 13.1. The number of carbonyl (C=O) groups excluding carboxylic acids is 1. The van der Waals surface area contributed by atoms with Gasteiger partial charge in [0, 0.05) is 6.54 Å². The molecule has 0 saturated heterocycles. The first-order valence-corrected chi connectivity index (χ1v) is 6.94. The molecule has 3 nitrogen and oxygen atoms in total. The summed E-state index contributed by atoms with van der Waals surface area (Å²) in [5.41, 5.74) is -0.0783. The lowest BCUT2D eigenvalue weighted by Gasteiger charge is -2.18. The van der Waals surface area contributed by atoms with Crippen molar-refractivity contribution in [3.63, 3.8) is 0 Å². The Morgan fingerprint density at radius 3 is 3.06 bits per heavy atom. The fourth-order valence-corrected chi connectivity index (χ4v) is 2.72. The molecule has 1 heterocycles. The van der Waals surface area contributed by atoms with Crippen LogP contribution in [0, 0.1) is 5.82 Å². The summed E-state index contributed by atoms with van der Waals surface area (Å²) in [5.74, 6) is -0.205. The molecule has 0 N–H and O–H groups in total. The molecule has 0 atom stereocenters. The van der Waals surface area contributed by atoms with E-state index in [0.717, 1.165) is 5.75 Å². The maximum absolute atomic E-state index is 13.7. The predicted molar refractivity (Wildman–Crippen MR) is 72.9 cm³/mol. The Labute approximate surface area is 114 Å². The smallest absolute Gasteiger partial charge is 0.264 e. The second-order valence-electron chi connectivity index (χ2n) is 3.65. The number of aliphatic imine (C=N–C) groups is 1. The zero-order valence-corrected chi connectivity index (χ0v) is 11.4. The Balaban J connectivity index is 2.29. The summed E-state index contributed by atoms with van der Waals surface area (Å²) in [5, 5.41) is 0.773. The Morgan fingerprint density at radius 1 is 1.61 bits per heavy atom. The van der Waals surface area contributed by atoms with Crippen LogP contribution < -0.4 is 0 Å². The first-order chi connectivity index (χ1) is 8.65. The minimum absolute atomic E-state index is 0.0783. The van der Waals surface area contributed by atoms with Gasteiger partial charge in [0.25, 0.3) is 5.91 Å². The number of nitrogens with zero attached hydrogens (tertiary/aromatic N) is 2. The van der Waals surface area contributed by atoms with Crippen LogP contribution in [0.5, 0.6) is 0 Å². The molecule has 0 fully saturated rings. The first-order valence-electron chi connectivity index (χ1n) is 5.58. The van der Waals surface area contributed by atoms with Gasteiger partial charge in [-0.3, -0.25) is 14.7 Å². The number of carbonyl (C=O) groups is 1. The van der Waals surface area contributed by atoms with Crippen LogP contribution in [0.25, 0.3) is 0 Å². The van der Waals surface area contributed by atoms with E-state index in [1.807, 2.05) is 6.92 Å². The van der Waals surface area contributed by atoms with Crippen LogP contribution in [0.1, 0.15) is 17.3 Å². The molecule has 96 valence electrons. The second-order valence-corrected chi connectivity index (χ2v) is 5.29. The number of hydrogen-bond acceptors (Lipinski definition) is 3. The van der Waals surface area contributed by atoms with Crippen molar-refractivity contribution in [1.82, 2.24) is 4.90 Å². The fourth-order valence-electron chi connectivity index (χ4n) is 1.70. The van der Waals surface area contributed by atoms with E-state index in [1.165, 1.54) is 34.9 Å². The molecule has 6 heteroatoms. The number of hydrogen-bond donors (Lipinski definition) is 0. The van der Waals surface area contributed by atoms with Crippen LogP contribution in [0.4, 0.5) is 4.39 Å². The van der Waals surface area contributed by atoms with E-state index in [4.69, 9.17) is 11.6 Å². The van der Waals surface area contributed by atoms with Gasteiger partial charge in [-0.05, 0) is 17.9 Å². The number of amides is 1. The van der Waals surface area contributed by atoms with Crippen molar-refractivity contribution in [3.05, 3.63) is 34.6 Å². The van der Waals surface area contributed by atoms with E-state index in [9.17, 15) is 9.18 Å². The number of benzene rings is 1. The van der Waals surface area contributed by atoms with Crippen molar-refractivity contribution in [2.45, 2.75) is 6.92 Å². The van der Waals surface area contributed by atoms with Gasteiger partial charge in [0.15, 0.2) is 5.17 Å². The third-order valence-corrected chi connectivity index (χ3v) is 3.71. The largest absolute Gasteiger partial charge is 0.285 e. The summed E-state index contributed by atoms with van der Waals surface area (Å²) in [6.07, 6.45) is 0. The molecule has 1 aliphatic heterocycles. The summed E-state index contributed by atoms with van der Waals surface area (Å²) in [6, 6.07) is 4.23. The number of amidine groups is 1. The second kappa shape index (κ2) is 5.71. The Bertz CT molecular complexity index is 487. The van der Waals surface area contributed by atoms with Gasteiger partial charge in [0.2, 0.25) is 0 Å². The number of rotatable bonds is 2. The SMILES string of the molecule is CCSC1=NCCN1C(=O)c1c(F)cccc1Cl. The van der Waals surface area contributed by atoms with E-state index in [2.05, 4.69) is 4.99 Å². The van der Waals surface area contributed by atoms with Crippen molar-refractivity contribution in [1.29, 1.82) is 0 Å². The van der Waals surface area contributed by atoms with Gasteiger partial charge in [-0.25, -0.2) is 4.39 Å². The van der Waals surface area contributed by atoms with Gasteiger partial charge in [-0.2, -0.15) is 0 Å². The van der Waals surface area contributed by atoms with Crippen molar-refractivity contribution in [3.8, 4) is 0 Å². The van der Waals surface area contributed by atoms with Crippen LogP contribution in [-0.4, -0.2) is 34.8 Å². The average molecular weight is 287 g/mol. The summed E-state index contributed by atoms with van der Waals surface area (Å²) < 4.78 is 13.7. The van der Waals surface area contributed by atoms with Gasteiger partial charge in [0.05, 0.1) is 17.1 Å². The molecule has 0 spiro atoms. The lowest BCUT2D eigenvalue weighted by molar-refractivity contribution is 0.0856. The zero-order valence-electron chi connectivity index (χ0n) is 9.82. The first kappa shape index (κ1) is 13.4. The molecule has 0 aliphatic carbocycles. The molecule has 18 heavy (non-hydrogen) atoms. The van der Waals surface area contributed by atoms with Crippen molar-refractivity contribution in [2.75, 3.05) is 18.8 Å². The van der Waals surface area contributed by atoms with E-state index in [0.29, 0.717) is 18.3 Å². The van der Waals surface area contributed by atoms with Crippen LogP contribution in [-0.2, 0) is 0 Å². The van der Waals surface area contributed by atoms with Gasteiger partial charge < -0.3 is 0 Å². The van der Waals surface area contributed by atoms with Crippen LogP contribution in [0.3, 0.4) is 0 Å². The highest BCUT2D eigenvalue weighted by atomic mass is 35.5. The summed E-state index contributed by atoms with van der Waals surface area (Å²) >= 11 is 7.36. The minimum atomic E-state index is -0.597. The Morgan fingerprint density at radius 2 is 2.39 bits per heavy atom. The molecule has 1 amide bonds. The van der Waals surface area contributed by atoms with Crippen LogP contribution >= 0.6 is 23.4 Å². The molecule has 2 rings (SSSR count). The summed E-state index contributed by atoms with van der Waals surface area (Å²) in [4.78, 5) is 18.0. The maximum Gasteiger partial charge on any atom is 0.264 e. The van der Waals surface area contributed by atoms with E-state index in [-0.39, 0.29) is 10.6 Å². The lowest BCUT2D eigenvalue weighted by Crippen LogP contribution is -2.33. The third kappa shape index (κ3) is 2.52. The summed E-state index contributed by atoms with van der Waals surface area (Å²) in [7, 11) is 0. The standard InChI is InChI=1S/C12H12ClFN2OS/c1-2-18-12-15-6-7-16(12)11(17)10-8(13)4-3-5-9(10)14/h3-5H,2,6-7H2,1H3. The monoisotopic (exact) mass is 286 g/mol. The molecule has 0 aromatic heterocycles. The van der Waals surface area contributed by atoms with E-state index < -0.39 is 11.7 Å². The van der Waals surface area contributed by atoms with Crippen LogP contribution in [0.2, 0.25) is 5.02 Å². The molecule has 1 aromatic carbocycles. The number of thioether (sulfide) groups is 1. The third-order valence-electron chi connectivity index (χ3n) is 2.50. The van der Waals surface area contributed by atoms with Gasteiger partial charge in [-0.15, -0.1) is 0 Å².